The molecule has 2 N–H and O–H groups in total. The first-order valence-electron chi connectivity index (χ1n) is 8.09. The van der Waals surface area contributed by atoms with Gasteiger partial charge in [-0.25, -0.2) is 9.98 Å². The number of rotatable bonds is 6. The van der Waals surface area contributed by atoms with Gasteiger partial charge >= 0.3 is 0 Å². The largest absolute Gasteiger partial charge is 0.357 e. The zero-order valence-electron chi connectivity index (χ0n) is 14.4. The van der Waals surface area contributed by atoms with Crippen LogP contribution in [0, 0.1) is 20.8 Å². The Bertz CT molecular complexity index is 624. The summed E-state index contributed by atoms with van der Waals surface area (Å²) < 4.78 is 0. The molecule has 1 heterocycles. The van der Waals surface area contributed by atoms with E-state index in [1.165, 1.54) is 21.0 Å². The third kappa shape index (κ3) is 5.67. The Kier molecular flexibility index (Phi) is 6.59. The molecule has 0 unspecified atom stereocenters. The summed E-state index contributed by atoms with van der Waals surface area (Å²) in [6, 6.07) is 8.50. The van der Waals surface area contributed by atoms with Gasteiger partial charge in [-0.3, -0.25) is 0 Å². The highest BCUT2D eigenvalue weighted by atomic mass is 32.1. The fourth-order valence-corrected chi connectivity index (χ4v) is 3.07. The molecule has 124 valence electrons. The van der Waals surface area contributed by atoms with Gasteiger partial charge in [-0.1, -0.05) is 29.8 Å². The van der Waals surface area contributed by atoms with Crippen LogP contribution in [0.15, 0.2) is 29.3 Å². The normalized spacial score (nSPS) is 11.6. The first-order chi connectivity index (χ1) is 11.1. The zero-order chi connectivity index (χ0) is 16.7. The van der Waals surface area contributed by atoms with Gasteiger partial charge in [0, 0.05) is 24.4 Å². The second-order valence-corrected chi connectivity index (χ2v) is 6.89. The molecular weight excluding hydrogens is 304 g/mol. The molecule has 0 fully saturated rings. The third-order valence-corrected chi connectivity index (χ3v) is 4.72. The van der Waals surface area contributed by atoms with E-state index in [0.717, 1.165) is 31.2 Å². The molecule has 0 bridgehead atoms. The van der Waals surface area contributed by atoms with Crippen LogP contribution in [0.25, 0.3) is 0 Å². The van der Waals surface area contributed by atoms with Gasteiger partial charge in [-0.05, 0) is 33.3 Å². The molecule has 2 rings (SSSR count). The van der Waals surface area contributed by atoms with Gasteiger partial charge in [0.05, 0.1) is 17.2 Å². The molecule has 1 aromatic heterocycles. The van der Waals surface area contributed by atoms with Crippen molar-refractivity contribution in [1.29, 1.82) is 0 Å². The van der Waals surface area contributed by atoms with Crippen molar-refractivity contribution in [3.63, 3.8) is 0 Å². The number of aliphatic imine (C=N–C) groups is 1. The maximum Gasteiger partial charge on any atom is 0.191 e. The molecule has 0 saturated heterocycles. The molecule has 4 nitrogen and oxygen atoms in total. The highest BCUT2D eigenvalue weighted by molar-refractivity contribution is 7.11. The van der Waals surface area contributed by atoms with E-state index in [1.807, 2.05) is 0 Å². The lowest BCUT2D eigenvalue weighted by molar-refractivity contribution is 0.795. The monoisotopic (exact) mass is 330 g/mol. The minimum absolute atomic E-state index is 0.686. The third-order valence-electron chi connectivity index (χ3n) is 3.59. The van der Waals surface area contributed by atoms with Gasteiger partial charge in [-0.15, -0.1) is 11.3 Å². The van der Waals surface area contributed by atoms with Gasteiger partial charge in [-0.2, -0.15) is 0 Å². The lowest BCUT2D eigenvalue weighted by Crippen LogP contribution is -2.38. The van der Waals surface area contributed by atoms with Crippen LogP contribution in [0.4, 0.5) is 0 Å². The average Bonchev–Trinajstić information content (AvgIpc) is 2.85. The van der Waals surface area contributed by atoms with Crippen molar-refractivity contribution >= 4 is 17.3 Å². The van der Waals surface area contributed by atoms with Crippen LogP contribution in [-0.4, -0.2) is 24.0 Å². The molecule has 5 heteroatoms. The van der Waals surface area contributed by atoms with E-state index in [1.54, 1.807) is 11.3 Å². The fourth-order valence-electron chi connectivity index (χ4n) is 2.14. The summed E-state index contributed by atoms with van der Waals surface area (Å²) in [5, 5.41) is 7.86. The number of benzene rings is 1. The molecule has 2 aromatic rings. The van der Waals surface area contributed by atoms with E-state index in [2.05, 4.69) is 72.6 Å². The quantitative estimate of drug-likeness (QED) is 0.631. The first kappa shape index (κ1) is 17.5. The summed E-state index contributed by atoms with van der Waals surface area (Å²) in [4.78, 5) is 10.5. The molecule has 0 spiro atoms. The van der Waals surface area contributed by atoms with Crippen molar-refractivity contribution in [3.05, 3.63) is 51.0 Å². The Morgan fingerprint density at radius 2 is 1.87 bits per heavy atom. The van der Waals surface area contributed by atoms with E-state index >= 15 is 0 Å². The molecule has 0 amide bonds. The van der Waals surface area contributed by atoms with E-state index in [0.29, 0.717) is 6.54 Å². The molecule has 0 radical (unpaired) electrons. The SMILES string of the molecule is CCNC(=NCc1ccc(C)cc1)NCCc1nc(C)c(C)s1. The van der Waals surface area contributed by atoms with Gasteiger partial charge in [0.15, 0.2) is 5.96 Å². The maximum atomic E-state index is 4.64. The van der Waals surface area contributed by atoms with Crippen molar-refractivity contribution in [3.8, 4) is 0 Å². The van der Waals surface area contributed by atoms with Crippen molar-refractivity contribution in [2.45, 2.75) is 40.7 Å². The van der Waals surface area contributed by atoms with Gasteiger partial charge in [0.25, 0.3) is 0 Å². The summed E-state index contributed by atoms with van der Waals surface area (Å²) in [6.07, 6.45) is 0.925. The highest BCUT2D eigenvalue weighted by Crippen LogP contribution is 2.16. The Morgan fingerprint density at radius 1 is 1.13 bits per heavy atom. The van der Waals surface area contributed by atoms with Gasteiger partial charge in [0.1, 0.15) is 0 Å². The van der Waals surface area contributed by atoms with Crippen molar-refractivity contribution in [1.82, 2.24) is 15.6 Å². The van der Waals surface area contributed by atoms with Crippen LogP contribution in [0.2, 0.25) is 0 Å². The van der Waals surface area contributed by atoms with E-state index in [9.17, 15) is 0 Å². The number of hydrogen-bond acceptors (Lipinski definition) is 3. The smallest absolute Gasteiger partial charge is 0.191 e. The molecule has 0 saturated carbocycles. The van der Waals surface area contributed by atoms with Crippen molar-refractivity contribution in [2.24, 2.45) is 4.99 Å². The van der Waals surface area contributed by atoms with Crippen LogP contribution in [0.3, 0.4) is 0 Å². The average molecular weight is 331 g/mol. The zero-order valence-corrected chi connectivity index (χ0v) is 15.3. The number of aromatic nitrogens is 1. The summed E-state index contributed by atoms with van der Waals surface area (Å²) in [5.41, 5.74) is 3.64. The number of aryl methyl sites for hydroxylation is 3. The molecule has 0 aliphatic heterocycles. The van der Waals surface area contributed by atoms with E-state index < -0.39 is 0 Å². The number of nitrogens with zero attached hydrogens (tertiary/aromatic N) is 2. The van der Waals surface area contributed by atoms with Crippen LogP contribution < -0.4 is 10.6 Å². The Morgan fingerprint density at radius 3 is 2.48 bits per heavy atom. The summed E-state index contributed by atoms with van der Waals surface area (Å²) >= 11 is 1.78. The predicted octanol–water partition coefficient (Wildman–Crippen LogP) is 3.37. The van der Waals surface area contributed by atoms with Crippen LogP contribution in [0.1, 0.15) is 33.6 Å². The maximum absolute atomic E-state index is 4.64. The lowest BCUT2D eigenvalue weighted by atomic mass is 10.1. The predicted molar refractivity (Wildman–Crippen MR) is 99.3 cm³/mol. The topological polar surface area (TPSA) is 49.3 Å². The highest BCUT2D eigenvalue weighted by Gasteiger charge is 2.04. The first-order valence-corrected chi connectivity index (χ1v) is 8.90. The molecule has 0 aliphatic rings. The van der Waals surface area contributed by atoms with Gasteiger partial charge < -0.3 is 10.6 Å². The number of thiazole rings is 1. The minimum atomic E-state index is 0.686. The van der Waals surface area contributed by atoms with E-state index in [4.69, 9.17) is 0 Å². The number of hydrogen-bond donors (Lipinski definition) is 2. The van der Waals surface area contributed by atoms with Crippen LogP contribution in [0.5, 0.6) is 0 Å². The Labute approximate surface area is 143 Å². The Hall–Kier alpha value is -1.88. The fraction of sp³-hybridized carbons (Fsp3) is 0.444. The molecule has 0 atom stereocenters. The van der Waals surface area contributed by atoms with Crippen LogP contribution in [-0.2, 0) is 13.0 Å². The minimum Gasteiger partial charge on any atom is -0.357 e. The molecular formula is C18H26N4S. The lowest BCUT2D eigenvalue weighted by Gasteiger charge is -2.10. The van der Waals surface area contributed by atoms with Gasteiger partial charge in [0.2, 0.25) is 0 Å². The summed E-state index contributed by atoms with van der Waals surface area (Å²) in [7, 11) is 0. The summed E-state index contributed by atoms with van der Waals surface area (Å²) in [5.74, 6) is 0.859. The van der Waals surface area contributed by atoms with Crippen molar-refractivity contribution in [2.75, 3.05) is 13.1 Å². The molecule has 23 heavy (non-hydrogen) atoms. The number of guanidine groups is 1. The Balaban J connectivity index is 1.87. The second kappa shape index (κ2) is 8.67. The van der Waals surface area contributed by atoms with Crippen molar-refractivity contribution < 1.29 is 0 Å². The van der Waals surface area contributed by atoms with Crippen LogP contribution >= 0.6 is 11.3 Å². The molecule has 0 aliphatic carbocycles. The molecule has 1 aromatic carbocycles. The number of nitrogens with one attached hydrogen (secondary N) is 2. The van der Waals surface area contributed by atoms with E-state index in [-0.39, 0.29) is 0 Å². The standard InChI is InChI=1S/C18H26N4S/c1-5-19-18(21-12-16-8-6-13(2)7-9-16)20-11-10-17-22-14(3)15(4)23-17/h6-9H,5,10-12H2,1-4H3,(H2,19,20,21). The summed E-state index contributed by atoms with van der Waals surface area (Å²) in [6.45, 7) is 10.7. The second-order valence-electron chi connectivity index (χ2n) is 5.61.